The summed E-state index contributed by atoms with van der Waals surface area (Å²) in [7, 11) is -3.48. The molecule has 5 nitrogen and oxygen atoms in total. The van der Waals surface area contributed by atoms with Crippen molar-refractivity contribution in [3.63, 3.8) is 0 Å². The number of sulfonamides is 1. The van der Waals surface area contributed by atoms with Gasteiger partial charge in [0.2, 0.25) is 10.0 Å². The van der Waals surface area contributed by atoms with Gasteiger partial charge in [-0.25, -0.2) is 17.5 Å². The molecule has 1 aromatic carbocycles. The summed E-state index contributed by atoms with van der Waals surface area (Å²) in [6.45, 7) is 5.27. The van der Waals surface area contributed by atoms with Crippen molar-refractivity contribution in [3.05, 3.63) is 70.3 Å². The summed E-state index contributed by atoms with van der Waals surface area (Å²) >= 11 is 3.49. The van der Waals surface area contributed by atoms with Crippen LogP contribution in [-0.2, 0) is 26.1 Å². The van der Waals surface area contributed by atoms with Gasteiger partial charge in [-0.05, 0) is 99.5 Å². The average Bonchev–Trinajstić information content (AvgIpc) is 3.82. The SMILES string of the molecule is CC[C@H](CC1CCCCC1)/C(=C/C(=C(\C)C(Sc1ccc(CNS(=O)(=O)C2CCC(F)CC2)s1)C1CC1)c1ccccc1)OC=O. The number of alkyl halides is 1. The van der Waals surface area contributed by atoms with E-state index >= 15 is 0 Å². The van der Waals surface area contributed by atoms with Crippen LogP contribution in [0.5, 0.6) is 0 Å². The minimum atomic E-state index is -3.48. The Hall–Kier alpha value is -1.94. The molecule has 1 aromatic heterocycles. The number of thioether (sulfide) groups is 1. The van der Waals surface area contributed by atoms with Crippen LogP contribution in [0.15, 0.2) is 64.1 Å². The minimum absolute atomic E-state index is 0.197. The summed E-state index contributed by atoms with van der Waals surface area (Å²) in [6.07, 6.45) is 13.4. The van der Waals surface area contributed by atoms with Crippen LogP contribution in [0.25, 0.3) is 5.57 Å². The molecule has 0 aliphatic heterocycles. The minimum Gasteiger partial charge on any atom is -0.433 e. The Morgan fingerprint density at radius 2 is 1.74 bits per heavy atom. The zero-order chi connectivity index (χ0) is 32.5. The Balaban J connectivity index is 1.37. The number of halogens is 1. The average molecular weight is 688 g/mol. The number of carbonyl (C=O) groups excluding carboxylic acids is 1. The highest BCUT2D eigenvalue weighted by Gasteiger charge is 2.35. The van der Waals surface area contributed by atoms with Crippen molar-refractivity contribution in [1.82, 2.24) is 4.72 Å². The lowest BCUT2D eigenvalue weighted by Crippen LogP contribution is -2.36. The van der Waals surface area contributed by atoms with Crippen LogP contribution in [0, 0.1) is 17.8 Å². The zero-order valence-electron chi connectivity index (χ0n) is 27.3. The number of hydrogen-bond acceptors (Lipinski definition) is 6. The van der Waals surface area contributed by atoms with E-state index in [1.54, 1.807) is 11.3 Å². The van der Waals surface area contributed by atoms with Crippen molar-refractivity contribution in [3.8, 4) is 0 Å². The highest BCUT2D eigenvalue weighted by atomic mass is 32.2. The van der Waals surface area contributed by atoms with E-state index in [1.807, 2.05) is 23.9 Å². The van der Waals surface area contributed by atoms with E-state index in [0.29, 0.717) is 44.0 Å². The number of hydrogen-bond donors (Lipinski definition) is 1. The van der Waals surface area contributed by atoms with Gasteiger partial charge in [0.1, 0.15) is 11.9 Å². The van der Waals surface area contributed by atoms with Crippen molar-refractivity contribution in [2.75, 3.05) is 0 Å². The molecule has 0 saturated heterocycles. The molecule has 1 unspecified atom stereocenters. The molecule has 3 fully saturated rings. The first-order chi connectivity index (χ1) is 22.3. The smallest absolute Gasteiger partial charge is 0.298 e. The van der Waals surface area contributed by atoms with Crippen LogP contribution in [0.1, 0.15) is 108 Å². The largest absolute Gasteiger partial charge is 0.433 e. The molecular formula is C37H50FNO4S3. The molecule has 2 atom stereocenters. The van der Waals surface area contributed by atoms with Crippen molar-refractivity contribution in [2.45, 2.75) is 125 Å². The van der Waals surface area contributed by atoms with Gasteiger partial charge in [-0.3, -0.25) is 4.79 Å². The van der Waals surface area contributed by atoms with Crippen LogP contribution in [0.2, 0.25) is 0 Å². The number of rotatable bonds is 16. The molecule has 3 saturated carbocycles. The molecule has 0 bridgehead atoms. The maximum Gasteiger partial charge on any atom is 0.298 e. The Morgan fingerprint density at radius 3 is 2.39 bits per heavy atom. The first-order valence-electron chi connectivity index (χ1n) is 17.2. The van der Waals surface area contributed by atoms with E-state index in [1.165, 1.54) is 50.5 Å². The van der Waals surface area contributed by atoms with E-state index in [9.17, 15) is 17.6 Å². The number of ether oxygens (including phenoxy) is 1. The number of carbonyl (C=O) groups is 1. The van der Waals surface area contributed by atoms with Crippen molar-refractivity contribution >= 4 is 45.2 Å². The lowest BCUT2D eigenvalue weighted by atomic mass is 9.81. The van der Waals surface area contributed by atoms with E-state index in [0.717, 1.165) is 38.8 Å². The predicted molar refractivity (Wildman–Crippen MR) is 189 cm³/mol. The molecule has 3 aliphatic carbocycles. The van der Waals surface area contributed by atoms with Crippen LogP contribution in [0.4, 0.5) is 4.39 Å². The molecule has 46 heavy (non-hydrogen) atoms. The standard InChI is InChI=1S/C37H50FNO4S3/c1-3-28(22-27-10-6-4-7-11-27)35(43-25-40)23-34(29-12-8-5-9-13-29)26(2)37(30-14-15-30)45-36-21-18-32(44-36)24-39-46(41,42)33-19-16-31(38)17-20-33/h5,8-9,12-13,18,21,23,25,27-28,30-31,33,37,39H,3-4,6-7,10-11,14-17,19-20,22,24H2,1-2H3/b34-26-,35-23-/t28-,31?,33?,37?/m1/s1. The Kier molecular flexibility index (Phi) is 13.0. The summed E-state index contributed by atoms with van der Waals surface area (Å²) in [5, 5.41) is -0.255. The summed E-state index contributed by atoms with van der Waals surface area (Å²) in [4.78, 5) is 12.8. The first-order valence-corrected chi connectivity index (χ1v) is 20.5. The second-order valence-electron chi connectivity index (χ2n) is 13.4. The van der Waals surface area contributed by atoms with Gasteiger partial charge in [-0.2, -0.15) is 0 Å². The molecule has 1 heterocycles. The fraction of sp³-hybridized carbons (Fsp3) is 0.595. The molecule has 3 aliphatic rings. The molecule has 252 valence electrons. The second-order valence-corrected chi connectivity index (χ2v) is 18.1. The van der Waals surface area contributed by atoms with E-state index in [-0.39, 0.29) is 17.7 Å². The van der Waals surface area contributed by atoms with Crippen molar-refractivity contribution in [1.29, 1.82) is 0 Å². The number of nitrogens with one attached hydrogen (secondary N) is 1. The van der Waals surface area contributed by atoms with Gasteiger partial charge in [0.25, 0.3) is 6.47 Å². The normalized spacial score (nSPS) is 23.4. The highest BCUT2D eigenvalue weighted by molar-refractivity contribution is 8.02. The second kappa shape index (κ2) is 16.9. The predicted octanol–water partition coefficient (Wildman–Crippen LogP) is 9.85. The lowest BCUT2D eigenvalue weighted by molar-refractivity contribution is -0.126. The molecule has 5 rings (SSSR count). The highest BCUT2D eigenvalue weighted by Crippen LogP contribution is 2.48. The van der Waals surface area contributed by atoms with E-state index in [4.69, 9.17) is 4.74 Å². The third-order valence-electron chi connectivity index (χ3n) is 10.1. The molecule has 9 heteroatoms. The van der Waals surface area contributed by atoms with Crippen LogP contribution >= 0.6 is 23.1 Å². The first kappa shape index (κ1) is 35.4. The van der Waals surface area contributed by atoms with Gasteiger partial charge in [-0.1, -0.05) is 74.9 Å². The van der Waals surface area contributed by atoms with Crippen LogP contribution < -0.4 is 4.72 Å². The van der Waals surface area contributed by atoms with Gasteiger partial charge in [0, 0.05) is 22.6 Å². The van der Waals surface area contributed by atoms with Gasteiger partial charge >= 0.3 is 0 Å². The molecule has 2 aromatic rings. The Bertz CT molecular complexity index is 1440. The zero-order valence-corrected chi connectivity index (χ0v) is 29.7. The lowest BCUT2D eigenvalue weighted by Gasteiger charge is -2.27. The fourth-order valence-electron chi connectivity index (χ4n) is 7.15. The van der Waals surface area contributed by atoms with Crippen LogP contribution in [0.3, 0.4) is 0 Å². The van der Waals surface area contributed by atoms with Crippen molar-refractivity contribution in [2.24, 2.45) is 17.8 Å². The third-order valence-corrected chi connectivity index (χ3v) is 14.7. The van der Waals surface area contributed by atoms with E-state index < -0.39 is 21.4 Å². The molecular weight excluding hydrogens is 638 g/mol. The topological polar surface area (TPSA) is 72.5 Å². The quantitative estimate of drug-likeness (QED) is 0.0823. The van der Waals surface area contributed by atoms with E-state index in [2.05, 4.69) is 55.0 Å². The van der Waals surface area contributed by atoms with Crippen molar-refractivity contribution < 1.29 is 22.3 Å². The van der Waals surface area contributed by atoms with Gasteiger partial charge in [-0.15, -0.1) is 23.1 Å². The molecule has 0 amide bonds. The Labute approximate surface area is 283 Å². The number of benzene rings is 1. The monoisotopic (exact) mass is 687 g/mol. The number of allylic oxidation sites excluding steroid dienone is 3. The summed E-state index contributed by atoms with van der Waals surface area (Å²) < 4.78 is 49.1. The molecule has 0 radical (unpaired) electrons. The fourth-order valence-corrected chi connectivity index (χ4v) is 11.4. The van der Waals surface area contributed by atoms with Gasteiger partial charge in [0.05, 0.1) is 9.46 Å². The summed E-state index contributed by atoms with van der Waals surface area (Å²) in [5.74, 6) is 2.21. The Morgan fingerprint density at radius 1 is 1.02 bits per heavy atom. The maximum atomic E-state index is 13.6. The van der Waals surface area contributed by atoms with Gasteiger partial charge in [0.15, 0.2) is 0 Å². The van der Waals surface area contributed by atoms with Gasteiger partial charge < -0.3 is 4.74 Å². The third kappa shape index (κ3) is 9.80. The number of thiophene rings is 1. The maximum absolute atomic E-state index is 13.6. The summed E-state index contributed by atoms with van der Waals surface area (Å²) in [5.41, 5.74) is 3.52. The summed E-state index contributed by atoms with van der Waals surface area (Å²) in [6, 6.07) is 14.5. The molecule has 0 spiro atoms. The molecule has 1 N–H and O–H groups in total. The van der Waals surface area contributed by atoms with Crippen LogP contribution in [-0.4, -0.2) is 31.6 Å².